The van der Waals surface area contributed by atoms with E-state index in [1.165, 1.54) is 26.4 Å². The Morgan fingerprint density at radius 3 is 2.41 bits per heavy atom. The van der Waals surface area contributed by atoms with E-state index in [2.05, 4.69) is 0 Å². The Balaban J connectivity index is 3.14. The zero-order valence-electron chi connectivity index (χ0n) is 9.27. The van der Waals surface area contributed by atoms with E-state index in [9.17, 15) is 13.2 Å². The number of carbonyl (C=O) groups excluding carboxylic acids is 1. The number of carbonyl (C=O) groups is 1. The number of methoxy groups -OCH3 is 2. The maximum absolute atomic E-state index is 11.7. The van der Waals surface area contributed by atoms with Crippen molar-refractivity contribution in [3.8, 4) is 11.5 Å². The maximum atomic E-state index is 11.7. The summed E-state index contributed by atoms with van der Waals surface area (Å²) in [4.78, 5) is 11.7. The molecule has 0 aromatic heterocycles. The summed E-state index contributed by atoms with van der Waals surface area (Å²) in [6, 6.07) is 4.53. The monoisotopic (exact) mass is 278 g/mol. The molecule has 0 saturated heterocycles. The number of ketones is 1. The molecule has 7 heteroatoms. The van der Waals surface area contributed by atoms with Crippen LogP contribution in [0.25, 0.3) is 0 Å². The first kappa shape index (κ1) is 13.8. The summed E-state index contributed by atoms with van der Waals surface area (Å²) in [5.41, 5.74) is 0.121. The standard InChI is InChI=1S/C10H11ClO5S/c1-15-7-3-4-10(16-2)8(5-7)9(12)6-17(11,13)14/h3-5H,6H2,1-2H3. The van der Waals surface area contributed by atoms with Gasteiger partial charge in [0.2, 0.25) is 9.05 Å². The van der Waals surface area contributed by atoms with Crippen molar-refractivity contribution < 1.29 is 22.7 Å². The molecule has 0 aliphatic heterocycles. The van der Waals surface area contributed by atoms with Gasteiger partial charge in [-0.25, -0.2) is 8.42 Å². The summed E-state index contributed by atoms with van der Waals surface area (Å²) in [5.74, 6) is -0.717. The van der Waals surface area contributed by atoms with Crippen LogP contribution in [0.5, 0.6) is 11.5 Å². The van der Waals surface area contributed by atoms with E-state index in [0.717, 1.165) is 0 Å². The molecule has 0 unspecified atom stereocenters. The third-order valence-corrected chi connectivity index (χ3v) is 2.94. The molecule has 0 amide bonds. The lowest BCUT2D eigenvalue weighted by molar-refractivity contribution is 0.101. The number of halogens is 1. The third kappa shape index (κ3) is 3.90. The van der Waals surface area contributed by atoms with Gasteiger partial charge in [0.05, 0.1) is 19.8 Å². The Bertz CT molecular complexity index is 523. The lowest BCUT2D eigenvalue weighted by Crippen LogP contribution is -2.12. The van der Waals surface area contributed by atoms with Gasteiger partial charge in [0.15, 0.2) is 5.78 Å². The first-order valence-electron chi connectivity index (χ1n) is 4.55. The minimum Gasteiger partial charge on any atom is -0.497 e. The zero-order valence-corrected chi connectivity index (χ0v) is 10.8. The lowest BCUT2D eigenvalue weighted by Gasteiger charge is -2.08. The highest BCUT2D eigenvalue weighted by molar-refractivity contribution is 8.14. The van der Waals surface area contributed by atoms with Crippen LogP contribution < -0.4 is 9.47 Å². The summed E-state index contributed by atoms with van der Waals surface area (Å²) in [6.45, 7) is 0. The van der Waals surface area contributed by atoms with Gasteiger partial charge >= 0.3 is 0 Å². The maximum Gasteiger partial charge on any atom is 0.240 e. The fourth-order valence-electron chi connectivity index (χ4n) is 1.27. The van der Waals surface area contributed by atoms with Crippen molar-refractivity contribution in [3.05, 3.63) is 23.8 Å². The van der Waals surface area contributed by atoms with E-state index in [1.807, 2.05) is 0 Å². The Kier molecular flexibility index (Phi) is 4.36. The van der Waals surface area contributed by atoms with Gasteiger partial charge < -0.3 is 9.47 Å². The smallest absolute Gasteiger partial charge is 0.240 e. The zero-order chi connectivity index (χ0) is 13.1. The fourth-order valence-corrected chi connectivity index (χ4v) is 2.03. The van der Waals surface area contributed by atoms with Gasteiger partial charge in [-0.2, -0.15) is 0 Å². The molecule has 17 heavy (non-hydrogen) atoms. The largest absolute Gasteiger partial charge is 0.497 e. The van der Waals surface area contributed by atoms with E-state index < -0.39 is 20.6 Å². The topological polar surface area (TPSA) is 69.7 Å². The molecule has 1 aromatic carbocycles. The normalized spacial score (nSPS) is 11.0. The Morgan fingerprint density at radius 1 is 1.29 bits per heavy atom. The first-order chi connectivity index (χ1) is 7.87. The average Bonchev–Trinajstić information content (AvgIpc) is 2.25. The van der Waals surface area contributed by atoms with Crippen LogP contribution in [0.4, 0.5) is 0 Å². The van der Waals surface area contributed by atoms with E-state index >= 15 is 0 Å². The highest BCUT2D eigenvalue weighted by Crippen LogP contribution is 2.24. The molecule has 0 saturated carbocycles. The molecule has 0 fully saturated rings. The van der Waals surface area contributed by atoms with Gasteiger partial charge in [0, 0.05) is 10.7 Å². The molecule has 0 radical (unpaired) electrons. The molecule has 0 heterocycles. The molecular weight excluding hydrogens is 268 g/mol. The van der Waals surface area contributed by atoms with Gasteiger partial charge in [0.25, 0.3) is 0 Å². The molecule has 0 N–H and O–H groups in total. The Labute approximate surface area is 104 Å². The molecule has 0 spiro atoms. The Morgan fingerprint density at radius 2 is 1.94 bits per heavy atom. The summed E-state index contributed by atoms with van der Waals surface area (Å²) in [6.07, 6.45) is 0. The third-order valence-electron chi connectivity index (χ3n) is 2.01. The predicted molar refractivity (Wildman–Crippen MR) is 63.5 cm³/mol. The summed E-state index contributed by atoms with van der Waals surface area (Å²) in [7, 11) is 3.96. The summed E-state index contributed by atoms with van der Waals surface area (Å²) >= 11 is 0. The minimum atomic E-state index is -3.89. The number of benzene rings is 1. The van der Waals surface area contributed by atoms with E-state index in [0.29, 0.717) is 5.75 Å². The van der Waals surface area contributed by atoms with Crippen molar-refractivity contribution in [2.24, 2.45) is 0 Å². The minimum absolute atomic E-state index is 0.121. The van der Waals surface area contributed by atoms with Crippen LogP contribution >= 0.6 is 10.7 Å². The predicted octanol–water partition coefficient (Wildman–Crippen LogP) is 1.46. The molecule has 1 aromatic rings. The fraction of sp³-hybridized carbons (Fsp3) is 0.300. The molecule has 1 rings (SSSR count). The average molecular weight is 279 g/mol. The number of rotatable bonds is 5. The van der Waals surface area contributed by atoms with E-state index in [-0.39, 0.29) is 11.3 Å². The van der Waals surface area contributed by atoms with Crippen molar-refractivity contribution in [2.75, 3.05) is 20.0 Å². The van der Waals surface area contributed by atoms with Crippen molar-refractivity contribution in [2.45, 2.75) is 0 Å². The molecular formula is C10H11ClO5S. The molecule has 0 atom stereocenters. The van der Waals surface area contributed by atoms with Gasteiger partial charge in [0.1, 0.15) is 17.3 Å². The molecule has 0 bridgehead atoms. The number of hydrogen-bond acceptors (Lipinski definition) is 5. The van der Waals surface area contributed by atoms with Gasteiger partial charge in [-0.05, 0) is 18.2 Å². The van der Waals surface area contributed by atoms with Crippen LogP contribution in [-0.2, 0) is 9.05 Å². The van der Waals surface area contributed by atoms with Gasteiger partial charge in [-0.1, -0.05) is 0 Å². The summed E-state index contributed by atoms with van der Waals surface area (Å²) < 4.78 is 31.6. The van der Waals surface area contributed by atoms with Crippen LogP contribution in [-0.4, -0.2) is 34.2 Å². The molecule has 94 valence electrons. The van der Waals surface area contributed by atoms with Crippen LogP contribution in [0.15, 0.2) is 18.2 Å². The first-order valence-corrected chi connectivity index (χ1v) is 7.03. The second kappa shape index (κ2) is 5.37. The second-order valence-electron chi connectivity index (χ2n) is 3.17. The van der Waals surface area contributed by atoms with Crippen molar-refractivity contribution in [3.63, 3.8) is 0 Å². The second-order valence-corrected chi connectivity index (χ2v) is 5.95. The van der Waals surface area contributed by atoms with Crippen LogP contribution in [0.2, 0.25) is 0 Å². The van der Waals surface area contributed by atoms with Crippen molar-refractivity contribution in [1.82, 2.24) is 0 Å². The number of Topliss-reactive ketones (excluding diaryl/α,β-unsaturated/α-hetero) is 1. The number of hydrogen-bond donors (Lipinski definition) is 0. The van der Waals surface area contributed by atoms with Crippen molar-refractivity contribution in [1.29, 1.82) is 0 Å². The molecule has 0 aliphatic carbocycles. The van der Waals surface area contributed by atoms with Crippen LogP contribution in [0, 0.1) is 0 Å². The van der Waals surface area contributed by atoms with Crippen LogP contribution in [0.1, 0.15) is 10.4 Å². The lowest BCUT2D eigenvalue weighted by atomic mass is 10.1. The van der Waals surface area contributed by atoms with Crippen LogP contribution in [0.3, 0.4) is 0 Å². The van der Waals surface area contributed by atoms with Crippen molar-refractivity contribution >= 4 is 25.5 Å². The van der Waals surface area contributed by atoms with E-state index in [1.54, 1.807) is 6.07 Å². The summed E-state index contributed by atoms with van der Waals surface area (Å²) in [5, 5.41) is 0. The molecule has 0 aliphatic rings. The quantitative estimate of drug-likeness (QED) is 0.602. The number of ether oxygens (including phenoxy) is 2. The highest BCUT2D eigenvalue weighted by Gasteiger charge is 2.19. The highest BCUT2D eigenvalue weighted by atomic mass is 35.7. The van der Waals surface area contributed by atoms with Gasteiger partial charge in [-0.15, -0.1) is 0 Å². The SMILES string of the molecule is COc1ccc(OC)c(C(=O)CS(=O)(=O)Cl)c1. The Hall–Kier alpha value is -1.27. The van der Waals surface area contributed by atoms with E-state index in [4.69, 9.17) is 20.2 Å². The molecule has 5 nitrogen and oxygen atoms in total. The van der Waals surface area contributed by atoms with Gasteiger partial charge in [-0.3, -0.25) is 4.79 Å².